The predicted molar refractivity (Wildman–Crippen MR) is 70.5 cm³/mol. The number of ether oxygens (including phenoxy) is 2. The van der Waals surface area contributed by atoms with E-state index in [4.69, 9.17) is 14.6 Å². The second-order valence-corrected chi connectivity index (χ2v) is 4.72. The molecule has 1 aromatic carbocycles. The molecular formula is C14H20O5. The summed E-state index contributed by atoms with van der Waals surface area (Å²) in [6.45, 7) is 3.55. The fraction of sp³-hybridized carbons (Fsp3) is 0.500. The van der Waals surface area contributed by atoms with E-state index in [1.54, 1.807) is 32.0 Å². The van der Waals surface area contributed by atoms with Gasteiger partial charge in [-0.15, -0.1) is 0 Å². The quantitative estimate of drug-likeness (QED) is 0.825. The van der Waals surface area contributed by atoms with Crippen molar-refractivity contribution in [2.24, 2.45) is 5.92 Å². The van der Waals surface area contributed by atoms with E-state index >= 15 is 0 Å². The standard InChI is InChI=1S/C14H20O5/c1-9(2)14(17,8-13(15)16)10-5-6-11(18-3)12(7-10)19-4/h5-7,9,17H,8H2,1-4H3,(H,15,16). The summed E-state index contributed by atoms with van der Waals surface area (Å²) in [5, 5.41) is 19.6. The summed E-state index contributed by atoms with van der Waals surface area (Å²) in [4.78, 5) is 11.0. The van der Waals surface area contributed by atoms with Crippen LogP contribution < -0.4 is 9.47 Å². The van der Waals surface area contributed by atoms with Gasteiger partial charge in [-0.3, -0.25) is 4.79 Å². The summed E-state index contributed by atoms with van der Waals surface area (Å²) in [5.41, 5.74) is -0.937. The molecular weight excluding hydrogens is 248 g/mol. The van der Waals surface area contributed by atoms with E-state index in [2.05, 4.69) is 0 Å². The number of methoxy groups -OCH3 is 2. The van der Waals surface area contributed by atoms with Gasteiger partial charge in [0.25, 0.3) is 0 Å². The summed E-state index contributed by atoms with van der Waals surface area (Å²) in [5.74, 6) is -0.301. The van der Waals surface area contributed by atoms with Crippen LogP contribution in [0.3, 0.4) is 0 Å². The number of hydrogen-bond acceptors (Lipinski definition) is 4. The summed E-state index contributed by atoms with van der Waals surface area (Å²) < 4.78 is 10.3. The first-order valence-electron chi connectivity index (χ1n) is 6.01. The molecule has 19 heavy (non-hydrogen) atoms. The fourth-order valence-corrected chi connectivity index (χ4v) is 1.98. The van der Waals surface area contributed by atoms with Crippen LogP contribution in [0.2, 0.25) is 0 Å². The van der Waals surface area contributed by atoms with Gasteiger partial charge in [0.1, 0.15) is 5.60 Å². The highest BCUT2D eigenvalue weighted by Gasteiger charge is 2.36. The minimum absolute atomic E-state index is 0.248. The molecule has 2 N–H and O–H groups in total. The smallest absolute Gasteiger partial charge is 0.306 e. The highest BCUT2D eigenvalue weighted by molar-refractivity contribution is 5.69. The molecule has 0 saturated carbocycles. The topological polar surface area (TPSA) is 76.0 Å². The lowest BCUT2D eigenvalue weighted by atomic mass is 9.80. The molecule has 0 aliphatic carbocycles. The minimum atomic E-state index is -1.44. The van der Waals surface area contributed by atoms with Gasteiger partial charge in [0.2, 0.25) is 0 Å². The molecule has 5 nitrogen and oxygen atoms in total. The average Bonchev–Trinajstić information content (AvgIpc) is 2.36. The highest BCUT2D eigenvalue weighted by atomic mass is 16.5. The SMILES string of the molecule is COc1ccc(C(O)(CC(=O)O)C(C)C)cc1OC. The van der Waals surface area contributed by atoms with Crippen LogP contribution in [0.5, 0.6) is 11.5 Å². The number of benzene rings is 1. The van der Waals surface area contributed by atoms with Crippen molar-refractivity contribution in [1.82, 2.24) is 0 Å². The van der Waals surface area contributed by atoms with Gasteiger partial charge in [0.05, 0.1) is 20.6 Å². The Morgan fingerprint density at radius 2 is 1.84 bits per heavy atom. The predicted octanol–water partition coefficient (Wildman–Crippen LogP) is 2.02. The molecule has 106 valence electrons. The molecule has 0 saturated heterocycles. The maximum atomic E-state index is 11.0. The Kier molecular flexibility index (Phi) is 4.78. The molecule has 1 aromatic rings. The van der Waals surface area contributed by atoms with Crippen molar-refractivity contribution < 1.29 is 24.5 Å². The first-order chi connectivity index (χ1) is 8.85. The van der Waals surface area contributed by atoms with E-state index in [-0.39, 0.29) is 12.3 Å². The molecule has 1 atom stereocenters. The molecule has 0 amide bonds. The fourth-order valence-electron chi connectivity index (χ4n) is 1.98. The van der Waals surface area contributed by atoms with Crippen LogP contribution >= 0.6 is 0 Å². The van der Waals surface area contributed by atoms with Crippen molar-refractivity contribution in [3.05, 3.63) is 23.8 Å². The molecule has 0 spiro atoms. The van der Waals surface area contributed by atoms with Crippen LogP contribution in [0.1, 0.15) is 25.8 Å². The number of aliphatic carboxylic acids is 1. The zero-order chi connectivity index (χ0) is 14.6. The van der Waals surface area contributed by atoms with E-state index in [9.17, 15) is 9.90 Å². The summed E-state index contributed by atoms with van der Waals surface area (Å²) in [6.07, 6.45) is -0.361. The van der Waals surface area contributed by atoms with Crippen molar-refractivity contribution in [2.75, 3.05) is 14.2 Å². The largest absolute Gasteiger partial charge is 0.493 e. The second-order valence-electron chi connectivity index (χ2n) is 4.72. The van der Waals surface area contributed by atoms with Crippen LogP contribution in [0.25, 0.3) is 0 Å². The zero-order valence-electron chi connectivity index (χ0n) is 11.6. The summed E-state index contributed by atoms with van der Waals surface area (Å²) >= 11 is 0. The Morgan fingerprint density at radius 3 is 2.26 bits per heavy atom. The molecule has 1 rings (SSSR count). The maximum absolute atomic E-state index is 11.0. The Balaban J connectivity index is 3.27. The van der Waals surface area contributed by atoms with Gasteiger partial charge in [-0.25, -0.2) is 0 Å². The van der Waals surface area contributed by atoms with Crippen LogP contribution in [-0.4, -0.2) is 30.4 Å². The lowest BCUT2D eigenvalue weighted by Gasteiger charge is -2.31. The van der Waals surface area contributed by atoms with E-state index < -0.39 is 11.6 Å². The maximum Gasteiger partial charge on any atom is 0.306 e. The number of carboxylic acids is 1. The van der Waals surface area contributed by atoms with Gasteiger partial charge < -0.3 is 19.7 Å². The average molecular weight is 268 g/mol. The third-order valence-corrected chi connectivity index (χ3v) is 3.26. The Labute approximate surface area is 112 Å². The van der Waals surface area contributed by atoms with Crippen molar-refractivity contribution in [3.63, 3.8) is 0 Å². The Hall–Kier alpha value is -1.75. The van der Waals surface area contributed by atoms with Crippen molar-refractivity contribution >= 4 is 5.97 Å². The lowest BCUT2D eigenvalue weighted by molar-refractivity contribution is -0.145. The third kappa shape index (κ3) is 3.17. The minimum Gasteiger partial charge on any atom is -0.493 e. The normalized spacial score (nSPS) is 14.0. The molecule has 0 fully saturated rings. The van der Waals surface area contributed by atoms with E-state index in [1.165, 1.54) is 14.2 Å². The third-order valence-electron chi connectivity index (χ3n) is 3.26. The van der Waals surface area contributed by atoms with E-state index in [0.29, 0.717) is 17.1 Å². The van der Waals surface area contributed by atoms with Crippen LogP contribution in [-0.2, 0) is 10.4 Å². The first-order valence-corrected chi connectivity index (χ1v) is 6.01. The van der Waals surface area contributed by atoms with Crippen LogP contribution in [0.15, 0.2) is 18.2 Å². The monoisotopic (exact) mass is 268 g/mol. The van der Waals surface area contributed by atoms with Crippen molar-refractivity contribution in [1.29, 1.82) is 0 Å². The van der Waals surface area contributed by atoms with E-state index in [1.807, 2.05) is 0 Å². The molecule has 1 unspecified atom stereocenters. The lowest BCUT2D eigenvalue weighted by Crippen LogP contribution is -2.34. The zero-order valence-corrected chi connectivity index (χ0v) is 11.6. The Bertz CT molecular complexity index is 455. The summed E-state index contributed by atoms with van der Waals surface area (Å²) in [6, 6.07) is 4.93. The highest BCUT2D eigenvalue weighted by Crippen LogP contribution is 2.37. The Morgan fingerprint density at radius 1 is 1.26 bits per heavy atom. The number of carboxylic acid groups (broad SMARTS) is 1. The van der Waals surface area contributed by atoms with Gasteiger partial charge in [0, 0.05) is 0 Å². The first kappa shape index (κ1) is 15.3. The number of aliphatic hydroxyl groups is 1. The molecule has 0 bridgehead atoms. The number of hydrogen-bond donors (Lipinski definition) is 2. The van der Waals surface area contributed by atoms with Crippen LogP contribution in [0, 0.1) is 5.92 Å². The van der Waals surface area contributed by atoms with E-state index in [0.717, 1.165) is 0 Å². The van der Waals surface area contributed by atoms with Crippen molar-refractivity contribution in [3.8, 4) is 11.5 Å². The van der Waals surface area contributed by atoms with Crippen molar-refractivity contribution in [2.45, 2.75) is 25.9 Å². The van der Waals surface area contributed by atoms with Gasteiger partial charge in [-0.2, -0.15) is 0 Å². The van der Waals surface area contributed by atoms with Crippen LogP contribution in [0.4, 0.5) is 0 Å². The molecule has 5 heteroatoms. The molecule has 0 radical (unpaired) electrons. The molecule has 0 aliphatic heterocycles. The number of rotatable bonds is 6. The molecule has 0 aliphatic rings. The second kappa shape index (κ2) is 5.93. The molecule has 0 heterocycles. The van der Waals surface area contributed by atoms with Gasteiger partial charge in [0.15, 0.2) is 11.5 Å². The van der Waals surface area contributed by atoms with Gasteiger partial charge in [-0.1, -0.05) is 19.9 Å². The van der Waals surface area contributed by atoms with Gasteiger partial charge in [-0.05, 0) is 23.6 Å². The molecule has 0 aromatic heterocycles. The van der Waals surface area contributed by atoms with Gasteiger partial charge >= 0.3 is 5.97 Å². The summed E-state index contributed by atoms with van der Waals surface area (Å²) in [7, 11) is 3.01. The number of carbonyl (C=O) groups is 1.